The van der Waals surface area contributed by atoms with Crippen molar-refractivity contribution in [2.24, 2.45) is 5.92 Å². The Hall–Kier alpha value is -0.580. The molecule has 1 saturated carbocycles. The van der Waals surface area contributed by atoms with Crippen LogP contribution in [0.25, 0.3) is 0 Å². The van der Waals surface area contributed by atoms with E-state index in [4.69, 9.17) is 0 Å². The minimum atomic E-state index is -2.99. The Labute approximate surface area is 96.9 Å². The first-order chi connectivity index (χ1) is 7.48. The summed E-state index contributed by atoms with van der Waals surface area (Å²) in [4.78, 5) is 13.8. The number of rotatable bonds is 2. The van der Waals surface area contributed by atoms with Gasteiger partial charge in [0.2, 0.25) is 5.91 Å². The highest BCUT2D eigenvalue weighted by atomic mass is 32.2. The van der Waals surface area contributed by atoms with E-state index < -0.39 is 9.84 Å². The summed E-state index contributed by atoms with van der Waals surface area (Å²) in [5, 5.41) is -0.335. The van der Waals surface area contributed by atoms with Crippen LogP contribution in [0, 0.1) is 5.92 Å². The Morgan fingerprint density at radius 3 is 2.31 bits per heavy atom. The van der Waals surface area contributed by atoms with Crippen LogP contribution < -0.4 is 0 Å². The molecule has 0 radical (unpaired) electrons. The number of hydrogen-bond acceptors (Lipinski definition) is 3. The lowest BCUT2D eigenvalue weighted by molar-refractivity contribution is -0.134. The molecule has 92 valence electrons. The third-order valence-corrected chi connectivity index (χ3v) is 5.36. The fourth-order valence-electron chi connectivity index (χ4n) is 2.71. The molecule has 1 aliphatic carbocycles. The van der Waals surface area contributed by atoms with Gasteiger partial charge in [-0.3, -0.25) is 4.79 Å². The monoisotopic (exact) mass is 245 g/mol. The molecule has 2 rings (SSSR count). The van der Waals surface area contributed by atoms with E-state index in [0.717, 1.165) is 25.7 Å². The third-order valence-electron chi connectivity index (χ3n) is 3.77. The zero-order valence-corrected chi connectivity index (χ0v) is 10.5. The molecule has 1 saturated heterocycles. The van der Waals surface area contributed by atoms with Crippen molar-refractivity contribution in [2.75, 3.05) is 19.3 Å². The van der Waals surface area contributed by atoms with Crippen molar-refractivity contribution in [1.82, 2.24) is 4.90 Å². The molecule has 0 N–H and O–H groups in total. The van der Waals surface area contributed by atoms with Gasteiger partial charge in [-0.05, 0) is 19.3 Å². The Morgan fingerprint density at radius 1 is 1.19 bits per heavy atom. The molecule has 0 bridgehead atoms. The number of amides is 1. The first-order valence-corrected chi connectivity index (χ1v) is 7.91. The molecule has 16 heavy (non-hydrogen) atoms. The van der Waals surface area contributed by atoms with E-state index in [-0.39, 0.29) is 17.1 Å². The zero-order valence-electron chi connectivity index (χ0n) is 9.68. The van der Waals surface area contributed by atoms with Crippen LogP contribution in [0.1, 0.15) is 32.1 Å². The highest BCUT2D eigenvalue weighted by molar-refractivity contribution is 7.91. The number of sulfone groups is 1. The quantitative estimate of drug-likeness (QED) is 0.724. The summed E-state index contributed by atoms with van der Waals surface area (Å²) in [5.74, 6) is 0.349. The van der Waals surface area contributed by atoms with Crippen molar-refractivity contribution >= 4 is 15.7 Å². The third kappa shape index (κ3) is 2.39. The van der Waals surface area contributed by atoms with Gasteiger partial charge in [-0.1, -0.05) is 12.8 Å². The lowest BCUT2D eigenvalue weighted by Crippen LogP contribution is -2.35. The number of carbonyl (C=O) groups excluding carboxylic acids is 1. The lowest BCUT2D eigenvalue weighted by atomic mass is 10.1. The second-order valence-electron chi connectivity index (χ2n) is 5.01. The fourth-order valence-corrected chi connectivity index (χ4v) is 3.69. The molecule has 2 aliphatic rings. The number of hydrogen-bond donors (Lipinski definition) is 0. The Morgan fingerprint density at radius 2 is 1.81 bits per heavy atom. The van der Waals surface area contributed by atoms with E-state index in [1.54, 1.807) is 4.90 Å². The SMILES string of the molecule is CS(=O)(=O)C1CCN(C(=O)C2CCCC2)C1. The molecule has 1 unspecified atom stereocenters. The van der Waals surface area contributed by atoms with Crippen LogP contribution in [-0.4, -0.2) is 43.8 Å². The van der Waals surface area contributed by atoms with E-state index >= 15 is 0 Å². The molecule has 1 heterocycles. The minimum absolute atomic E-state index is 0.165. The van der Waals surface area contributed by atoms with Crippen LogP contribution in [0.15, 0.2) is 0 Å². The highest BCUT2D eigenvalue weighted by Gasteiger charge is 2.35. The van der Waals surface area contributed by atoms with Crippen LogP contribution in [0.2, 0.25) is 0 Å². The van der Waals surface area contributed by atoms with E-state index in [2.05, 4.69) is 0 Å². The van der Waals surface area contributed by atoms with E-state index in [9.17, 15) is 13.2 Å². The van der Waals surface area contributed by atoms with Crippen LogP contribution in [0.5, 0.6) is 0 Å². The van der Waals surface area contributed by atoms with Crippen molar-refractivity contribution in [3.05, 3.63) is 0 Å². The molecule has 0 aromatic rings. The van der Waals surface area contributed by atoms with Gasteiger partial charge >= 0.3 is 0 Å². The summed E-state index contributed by atoms with van der Waals surface area (Å²) >= 11 is 0. The number of likely N-dealkylation sites (tertiary alicyclic amines) is 1. The molecule has 2 fully saturated rings. The number of nitrogens with zero attached hydrogens (tertiary/aromatic N) is 1. The van der Waals surface area contributed by atoms with Crippen LogP contribution in [0.4, 0.5) is 0 Å². The van der Waals surface area contributed by atoms with Gasteiger partial charge < -0.3 is 4.90 Å². The van der Waals surface area contributed by atoms with Gasteiger partial charge in [0, 0.05) is 25.3 Å². The topological polar surface area (TPSA) is 54.5 Å². The summed E-state index contributed by atoms with van der Waals surface area (Å²) < 4.78 is 22.8. The van der Waals surface area contributed by atoms with Gasteiger partial charge in [0.1, 0.15) is 0 Å². The van der Waals surface area contributed by atoms with Crippen molar-refractivity contribution in [1.29, 1.82) is 0 Å². The molecular formula is C11H19NO3S. The summed E-state index contributed by atoms with van der Waals surface area (Å²) in [7, 11) is -2.99. The summed E-state index contributed by atoms with van der Waals surface area (Å²) in [5.41, 5.74) is 0. The lowest BCUT2D eigenvalue weighted by Gasteiger charge is -2.20. The van der Waals surface area contributed by atoms with Gasteiger partial charge in [0.05, 0.1) is 5.25 Å². The average Bonchev–Trinajstić information content (AvgIpc) is 2.87. The highest BCUT2D eigenvalue weighted by Crippen LogP contribution is 2.28. The predicted molar refractivity (Wildman–Crippen MR) is 61.8 cm³/mol. The smallest absolute Gasteiger partial charge is 0.225 e. The van der Waals surface area contributed by atoms with Crippen molar-refractivity contribution in [3.8, 4) is 0 Å². The van der Waals surface area contributed by atoms with Gasteiger partial charge in [-0.25, -0.2) is 8.42 Å². The summed E-state index contributed by atoms with van der Waals surface area (Å²) in [6.45, 7) is 1.03. The molecule has 1 atom stereocenters. The van der Waals surface area contributed by atoms with E-state index in [1.165, 1.54) is 6.26 Å². The van der Waals surface area contributed by atoms with Gasteiger partial charge in [-0.15, -0.1) is 0 Å². The molecule has 0 aromatic heterocycles. The maximum Gasteiger partial charge on any atom is 0.225 e. The van der Waals surface area contributed by atoms with Crippen molar-refractivity contribution < 1.29 is 13.2 Å². The van der Waals surface area contributed by atoms with Crippen LogP contribution in [-0.2, 0) is 14.6 Å². The standard InChI is InChI=1S/C11H19NO3S/c1-16(14,15)10-6-7-12(8-10)11(13)9-4-2-3-5-9/h9-10H,2-8H2,1H3. The van der Waals surface area contributed by atoms with Crippen molar-refractivity contribution in [3.63, 3.8) is 0 Å². The van der Waals surface area contributed by atoms with Gasteiger partial charge in [-0.2, -0.15) is 0 Å². The molecule has 1 amide bonds. The van der Waals surface area contributed by atoms with Crippen LogP contribution in [0.3, 0.4) is 0 Å². The summed E-state index contributed by atoms with van der Waals surface area (Å²) in [6, 6.07) is 0. The van der Waals surface area contributed by atoms with E-state index in [0.29, 0.717) is 19.5 Å². The normalized spacial score (nSPS) is 27.6. The van der Waals surface area contributed by atoms with Gasteiger partial charge in [0.15, 0.2) is 9.84 Å². The first kappa shape index (κ1) is 11.9. The molecule has 0 spiro atoms. The largest absolute Gasteiger partial charge is 0.341 e. The Kier molecular flexibility index (Phi) is 3.24. The summed E-state index contributed by atoms with van der Waals surface area (Å²) in [6.07, 6.45) is 6.12. The second-order valence-corrected chi connectivity index (χ2v) is 7.33. The molecule has 1 aliphatic heterocycles. The molecule has 0 aromatic carbocycles. The zero-order chi connectivity index (χ0) is 11.8. The minimum Gasteiger partial charge on any atom is -0.341 e. The number of carbonyl (C=O) groups is 1. The van der Waals surface area contributed by atoms with Gasteiger partial charge in [0.25, 0.3) is 0 Å². The Bertz CT molecular complexity index is 371. The molecule has 4 nitrogen and oxygen atoms in total. The fraction of sp³-hybridized carbons (Fsp3) is 0.909. The van der Waals surface area contributed by atoms with E-state index in [1.807, 2.05) is 0 Å². The molecule has 5 heteroatoms. The second kappa shape index (κ2) is 4.35. The average molecular weight is 245 g/mol. The first-order valence-electron chi connectivity index (χ1n) is 5.96. The maximum absolute atomic E-state index is 12.1. The molecular weight excluding hydrogens is 226 g/mol. The Balaban J connectivity index is 1.95. The van der Waals surface area contributed by atoms with Crippen molar-refractivity contribution in [2.45, 2.75) is 37.4 Å². The maximum atomic E-state index is 12.1. The predicted octanol–water partition coefficient (Wildman–Crippen LogP) is 0.822. The van der Waals surface area contributed by atoms with Crippen LogP contribution >= 0.6 is 0 Å².